The van der Waals surface area contributed by atoms with Gasteiger partial charge < -0.3 is 10.1 Å². The van der Waals surface area contributed by atoms with E-state index >= 15 is 0 Å². The Labute approximate surface area is 110 Å². The molecule has 0 saturated carbocycles. The molecule has 0 spiro atoms. The van der Waals surface area contributed by atoms with Crippen molar-refractivity contribution in [2.45, 2.75) is 26.7 Å². The maximum Gasteiger partial charge on any atom is 0.306 e. The van der Waals surface area contributed by atoms with E-state index in [1.165, 1.54) is 0 Å². The molecule has 0 bridgehead atoms. The summed E-state index contributed by atoms with van der Waals surface area (Å²) in [6.07, 6.45) is 1.67. The molecule has 98 valence electrons. The number of carbonyl (C=O) groups is 2. The second-order valence-electron chi connectivity index (χ2n) is 3.65. The molecule has 0 saturated heterocycles. The number of aromatic nitrogens is 1. The van der Waals surface area contributed by atoms with Crippen LogP contribution in [0.25, 0.3) is 0 Å². The van der Waals surface area contributed by atoms with Crippen molar-refractivity contribution in [2.75, 3.05) is 11.9 Å². The number of halogens is 1. The summed E-state index contributed by atoms with van der Waals surface area (Å²) in [5.41, 5.74) is 1.30. The molecule has 0 aliphatic heterocycles. The Hall–Kier alpha value is -1.62. The Morgan fingerprint density at radius 1 is 1.44 bits per heavy atom. The van der Waals surface area contributed by atoms with E-state index in [4.69, 9.17) is 16.3 Å². The van der Waals surface area contributed by atoms with Gasteiger partial charge in [0.05, 0.1) is 18.7 Å². The molecule has 5 nitrogen and oxygen atoms in total. The second kappa shape index (κ2) is 6.96. The predicted molar refractivity (Wildman–Crippen MR) is 68.5 cm³/mol. The standard InChI is InChI=1S/C12H15ClN2O3/c1-3-18-10(17)5-4-9(16)15-11-8(2)6-7-14-12(11)13/h6-7H,3-5H2,1-2H3,(H,15,16). The summed E-state index contributed by atoms with van der Waals surface area (Å²) < 4.78 is 4.73. The lowest BCUT2D eigenvalue weighted by Crippen LogP contribution is -2.15. The van der Waals surface area contributed by atoms with Gasteiger partial charge >= 0.3 is 5.97 Å². The van der Waals surface area contributed by atoms with Gasteiger partial charge in [-0.3, -0.25) is 9.59 Å². The Kier molecular flexibility index (Phi) is 5.58. The minimum atomic E-state index is -0.387. The molecule has 1 rings (SSSR count). The number of anilines is 1. The number of rotatable bonds is 5. The first-order valence-electron chi connectivity index (χ1n) is 5.61. The monoisotopic (exact) mass is 270 g/mol. The fourth-order valence-electron chi connectivity index (χ4n) is 1.33. The number of amides is 1. The Morgan fingerprint density at radius 3 is 2.78 bits per heavy atom. The number of hydrogen-bond donors (Lipinski definition) is 1. The first kappa shape index (κ1) is 14.4. The van der Waals surface area contributed by atoms with E-state index in [0.29, 0.717) is 12.3 Å². The molecular weight excluding hydrogens is 256 g/mol. The average molecular weight is 271 g/mol. The molecule has 1 heterocycles. The summed E-state index contributed by atoms with van der Waals surface area (Å²) in [6.45, 7) is 3.85. The number of nitrogens with zero attached hydrogens (tertiary/aromatic N) is 1. The van der Waals surface area contributed by atoms with Crippen molar-refractivity contribution in [3.05, 3.63) is 23.0 Å². The van der Waals surface area contributed by atoms with Crippen molar-refractivity contribution >= 4 is 29.2 Å². The van der Waals surface area contributed by atoms with Crippen LogP contribution in [0, 0.1) is 6.92 Å². The lowest BCUT2D eigenvalue weighted by Gasteiger charge is -2.09. The van der Waals surface area contributed by atoms with E-state index in [9.17, 15) is 9.59 Å². The van der Waals surface area contributed by atoms with Gasteiger partial charge in [0.2, 0.25) is 5.91 Å². The Morgan fingerprint density at radius 2 is 2.17 bits per heavy atom. The molecule has 0 aliphatic carbocycles. The molecule has 1 N–H and O–H groups in total. The lowest BCUT2D eigenvalue weighted by molar-refractivity contribution is -0.144. The first-order valence-corrected chi connectivity index (χ1v) is 5.99. The highest BCUT2D eigenvalue weighted by Crippen LogP contribution is 2.22. The Bertz CT molecular complexity index is 429. The third-order valence-corrected chi connectivity index (χ3v) is 2.53. The van der Waals surface area contributed by atoms with Crippen molar-refractivity contribution in [1.29, 1.82) is 0 Å². The molecule has 0 radical (unpaired) electrons. The summed E-state index contributed by atoms with van der Waals surface area (Å²) in [5, 5.41) is 2.87. The second-order valence-corrected chi connectivity index (χ2v) is 4.00. The van der Waals surface area contributed by atoms with Crippen LogP contribution < -0.4 is 5.32 Å². The quantitative estimate of drug-likeness (QED) is 0.659. The zero-order valence-corrected chi connectivity index (χ0v) is 11.1. The summed E-state index contributed by atoms with van der Waals surface area (Å²) in [6, 6.07) is 1.74. The molecular formula is C12H15ClN2O3. The highest BCUT2D eigenvalue weighted by Gasteiger charge is 2.11. The molecule has 0 atom stereocenters. The highest BCUT2D eigenvalue weighted by molar-refractivity contribution is 6.32. The number of aryl methyl sites for hydroxylation is 1. The van der Waals surface area contributed by atoms with Gasteiger partial charge in [-0.05, 0) is 25.5 Å². The van der Waals surface area contributed by atoms with E-state index in [1.54, 1.807) is 19.2 Å². The van der Waals surface area contributed by atoms with E-state index in [0.717, 1.165) is 5.56 Å². The van der Waals surface area contributed by atoms with Crippen LogP contribution in [0.5, 0.6) is 0 Å². The number of pyridine rings is 1. The topological polar surface area (TPSA) is 68.3 Å². The van der Waals surface area contributed by atoms with Crippen molar-refractivity contribution in [1.82, 2.24) is 4.98 Å². The van der Waals surface area contributed by atoms with Crippen LogP contribution in [-0.4, -0.2) is 23.5 Å². The van der Waals surface area contributed by atoms with Crippen LogP contribution in [0.1, 0.15) is 25.3 Å². The third-order valence-electron chi connectivity index (χ3n) is 2.24. The molecule has 0 aromatic carbocycles. The normalized spacial score (nSPS) is 9.94. The molecule has 1 amide bonds. The lowest BCUT2D eigenvalue weighted by atomic mass is 10.2. The molecule has 0 fully saturated rings. The highest BCUT2D eigenvalue weighted by atomic mass is 35.5. The number of carbonyl (C=O) groups excluding carboxylic acids is 2. The SMILES string of the molecule is CCOC(=O)CCC(=O)Nc1c(C)ccnc1Cl. The molecule has 6 heteroatoms. The smallest absolute Gasteiger partial charge is 0.306 e. The van der Waals surface area contributed by atoms with E-state index in [-0.39, 0.29) is 29.9 Å². The number of esters is 1. The van der Waals surface area contributed by atoms with Gasteiger partial charge in [-0.15, -0.1) is 0 Å². The number of nitrogens with one attached hydrogen (secondary N) is 1. The predicted octanol–water partition coefficient (Wildman–Crippen LogP) is 2.33. The minimum absolute atomic E-state index is 0.0522. The van der Waals surface area contributed by atoms with Crippen molar-refractivity contribution < 1.29 is 14.3 Å². The minimum Gasteiger partial charge on any atom is -0.466 e. The van der Waals surface area contributed by atoms with Crippen LogP contribution in [0.4, 0.5) is 5.69 Å². The van der Waals surface area contributed by atoms with Gasteiger partial charge in [-0.1, -0.05) is 11.6 Å². The fourth-order valence-corrected chi connectivity index (χ4v) is 1.58. The molecule has 1 aromatic heterocycles. The molecule has 18 heavy (non-hydrogen) atoms. The molecule has 1 aromatic rings. The molecule has 0 unspecified atom stereocenters. The maximum atomic E-state index is 11.6. The van der Waals surface area contributed by atoms with Gasteiger partial charge in [0, 0.05) is 12.6 Å². The van der Waals surface area contributed by atoms with Gasteiger partial charge in [0.1, 0.15) is 0 Å². The van der Waals surface area contributed by atoms with Crippen LogP contribution in [-0.2, 0) is 14.3 Å². The van der Waals surface area contributed by atoms with Crippen molar-refractivity contribution in [2.24, 2.45) is 0 Å². The van der Waals surface area contributed by atoms with Crippen LogP contribution in [0.15, 0.2) is 12.3 Å². The zero-order valence-electron chi connectivity index (χ0n) is 10.3. The van der Waals surface area contributed by atoms with Crippen LogP contribution in [0.3, 0.4) is 0 Å². The summed E-state index contributed by atoms with van der Waals surface area (Å²) >= 11 is 5.87. The maximum absolute atomic E-state index is 11.6. The van der Waals surface area contributed by atoms with Crippen molar-refractivity contribution in [3.8, 4) is 0 Å². The summed E-state index contributed by atoms with van der Waals surface area (Å²) in [7, 11) is 0. The number of hydrogen-bond acceptors (Lipinski definition) is 4. The Balaban J connectivity index is 2.52. The fraction of sp³-hybridized carbons (Fsp3) is 0.417. The molecule has 0 aliphatic rings. The van der Waals surface area contributed by atoms with Gasteiger partial charge in [0.25, 0.3) is 0 Å². The van der Waals surface area contributed by atoms with Crippen LogP contribution >= 0.6 is 11.6 Å². The van der Waals surface area contributed by atoms with Crippen molar-refractivity contribution in [3.63, 3.8) is 0 Å². The van der Waals surface area contributed by atoms with Gasteiger partial charge in [-0.25, -0.2) is 4.98 Å². The summed E-state index contributed by atoms with van der Waals surface area (Å²) in [4.78, 5) is 26.6. The first-order chi connectivity index (χ1) is 8.54. The van der Waals surface area contributed by atoms with Gasteiger partial charge in [0.15, 0.2) is 5.15 Å². The van der Waals surface area contributed by atoms with E-state index in [2.05, 4.69) is 10.3 Å². The van der Waals surface area contributed by atoms with Gasteiger partial charge in [-0.2, -0.15) is 0 Å². The van der Waals surface area contributed by atoms with E-state index < -0.39 is 0 Å². The van der Waals surface area contributed by atoms with E-state index in [1.807, 2.05) is 6.92 Å². The van der Waals surface area contributed by atoms with Crippen LogP contribution in [0.2, 0.25) is 5.15 Å². The average Bonchev–Trinajstić information content (AvgIpc) is 2.32. The zero-order chi connectivity index (χ0) is 13.5. The number of ether oxygens (including phenoxy) is 1. The summed E-state index contributed by atoms with van der Waals surface area (Å²) in [5.74, 6) is -0.678. The largest absolute Gasteiger partial charge is 0.466 e. The third kappa shape index (κ3) is 4.33.